The van der Waals surface area contributed by atoms with E-state index in [1.807, 2.05) is 25.1 Å². The van der Waals surface area contributed by atoms with Crippen LogP contribution in [0.25, 0.3) is 10.5 Å². The molecule has 38 heavy (non-hydrogen) atoms. The number of aromatic nitrogens is 2. The molecule has 1 unspecified atom stereocenters. The number of rotatable bonds is 9. The van der Waals surface area contributed by atoms with E-state index in [9.17, 15) is 4.79 Å². The van der Waals surface area contributed by atoms with E-state index in [4.69, 9.17) is 6.57 Å². The molecule has 1 aromatic heterocycles. The monoisotopic (exact) mass is 501 g/mol. The molecule has 2 aliphatic carbocycles. The van der Waals surface area contributed by atoms with E-state index in [1.165, 1.54) is 36.8 Å². The maximum atomic E-state index is 13.4. The molecule has 6 rings (SSSR count). The highest BCUT2D eigenvalue weighted by molar-refractivity contribution is 6.03. The number of nitrogens with one attached hydrogen (secondary N) is 2. The zero-order valence-corrected chi connectivity index (χ0v) is 21.5. The van der Waals surface area contributed by atoms with Gasteiger partial charge in [-0.3, -0.25) is 4.79 Å². The summed E-state index contributed by atoms with van der Waals surface area (Å²) in [7, 11) is 0. The standard InChI is InChI=1S/C32H31N5O/c1-21-16-30(37(36-21)29-11-5-9-27(19-29)33-2)32(38)35-28-10-4-8-26(18-28)31(34-20-22-12-13-22)25-7-3-6-24(17-25)23-14-15-23/h3-11,16-19,22-23,31,34H,12-15,20H2,1H3,(H,35,38). The molecule has 0 spiro atoms. The molecule has 2 saturated carbocycles. The molecule has 2 fully saturated rings. The van der Waals surface area contributed by atoms with Crippen LogP contribution in [-0.4, -0.2) is 22.2 Å². The van der Waals surface area contributed by atoms with E-state index in [-0.39, 0.29) is 11.9 Å². The Morgan fingerprint density at radius 2 is 1.76 bits per heavy atom. The first-order chi connectivity index (χ1) is 18.6. The van der Waals surface area contributed by atoms with E-state index < -0.39 is 0 Å². The minimum atomic E-state index is -0.241. The van der Waals surface area contributed by atoms with Crippen LogP contribution < -0.4 is 10.6 Å². The van der Waals surface area contributed by atoms with Crippen molar-refractivity contribution in [3.63, 3.8) is 0 Å². The van der Waals surface area contributed by atoms with Gasteiger partial charge in [-0.2, -0.15) is 5.10 Å². The van der Waals surface area contributed by atoms with Gasteiger partial charge in [0.2, 0.25) is 0 Å². The third kappa shape index (κ3) is 5.39. The molecule has 190 valence electrons. The largest absolute Gasteiger partial charge is 0.321 e. The van der Waals surface area contributed by atoms with Crippen molar-refractivity contribution in [2.75, 3.05) is 11.9 Å². The molecule has 2 aliphatic rings. The summed E-state index contributed by atoms with van der Waals surface area (Å²) in [5.74, 6) is 1.22. The summed E-state index contributed by atoms with van der Waals surface area (Å²) in [6, 6.07) is 26.1. The van der Waals surface area contributed by atoms with Gasteiger partial charge in [-0.05, 0) is 98.0 Å². The summed E-state index contributed by atoms with van der Waals surface area (Å²) in [5, 5.41) is 11.4. The van der Waals surface area contributed by atoms with Crippen molar-refractivity contribution in [1.29, 1.82) is 0 Å². The minimum absolute atomic E-state index is 0.0651. The summed E-state index contributed by atoms with van der Waals surface area (Å²) >= 11 is 0. The van der Waals surface area contributed by atoms with Gasteiger partial charge in [0.1, 0.15) is 5.69 Å². The summed E-state index contributed by atoms with van der Waals surface area (Å²) in [6.07, 6.45) is 5.15. The lowest BCUT2D eigenvalue weighted by Gasteiger charge is -2.21. The van der Waals surface area contributed by atoms with E-state index in [2.05, 4.69) is 57.0 Å². The molecular weight excluding hydrogens is 470 g/mol. The fraction of sp³-hybridized carbons (Fsp3) is 0.281. The van der Waals surface area contributed by atoms with Crippen molar-refractivity contribution in [3.05, 3.63) is 118 Å². The molecule has 3 aromatic carbocycles. The smallest absolute Gasteiger partial charge is 0.274 e. The number of benzene rings is 3. The maximum absolute atomic E-state index is 13.4. The Labute approximate surface area is 223 Å². The zero-order chi connectivity index (χ0) is 26.1. The van der Waals surface area contributed by atoms with Gasteiger partial charge in [0.05, 0.1) is 24.0 Å². The number of amides is 1. The molecule has 0 saturated heterocycles. The molecule has 0 aliphatic heterocycles. The number of anilines is 1. The maximum Gasteiger partial charge on any atom is 0.274 e. The Hall–Kier alpha value is -4.21. The third-order valence-electron chi connectivity index (χ3n) is 7.35. The Morgan fingerprint density at radius 3 is 2.53 bits per heavy atom. The molecule has 6 heteroatoms. The predicted octanol–water partition coefficient (Wildman–Crippen LogP) is 6.95. The van der Waals surface area contributed by atoms with Crippen LogP contribution in [0.4, 0.5) is 11.4 Å². The molecule has 2 N–H and O–H groups in total. The van der Waals surface area contributed by atoms with Crippen LogP contribution in [-0.2, 0) is 0 Å². The highest BCUT2D eigenvalue weighted by Crippen LogP contribution is 2.41. The SMILES string of the molecule is [C-]#[N+]c1cccc(-n2nc(C)cc2C(=O)Nc2cccc(C(NCC3CC3)c3cccc(C4CC4)c3)c2)c1. The Morgan fingerprint density at radius 1 is 1.00 bits per heavy atom. The highest BCUT2D eigenvalue weighted by atomic mass is 16.2. The van der Waals surface area contributed by atoms with Crippen molar-refractivity contribution < 1.29 is 4.79 Å². The highest BCUT2D eigenvalue weighted by Gasteiger charge is 2.26. The average Bonchev–Trinajstić information content (AvgIpc) is 3.87. The van der Waals surface area contributed by atoms with Crippen molar-refractivity contribution in [3.8, 4) is 5.69 Å². The third-order valence-corrected chi connectivity index (χ3v) is 7.35. The summed E-state index contributed by atoms with van der Waals surface area (Å²) in [5.41, 5.74) is 6.92. The lowest BCUT2D eigenvalue weighted by molar-refractivity contribution is 0.101. The van der Waals surface area contributed by atoms with Gasteiger partial charge in [-0.1, -0.05) is 48.5 Å². The van der Waals surface area contributed by atoms with Crippen LogP contribution in [0, 0.1) is 19.4 Å². The number of nitrogens with zero attached hydrogens (tertiary/aromatic N) is 3. The van der Waals surface area contributed by atoms with Crippen molar-refractivity contribution >= 4 is 17.3 Å². The first-order valence-electron chi connectivity index (χ1n) is 13.4. The molecule has 1 atom stereocenters. The number of hydrogen-bond donors (Lipinski definition) is 2. The average molecular weight is 502 g/mol. The summed E-state index contributed by atoms with van der Waals surface area (Å²) < 4.78 is 1.60. The molecule has 0 bridgehead atoms. The fourth-order valence-corrected chi connectivity index (χ4v) is 4.99. The van der Waals surface area contributed by atoms with Crippen LogP contribution in [0.15, 0.2) is 78.9 Å². The predicted molar refractivity (Wildman–Crippen MR) is 150 cm³/mol. The second-order valence-corrected chi connectivity index (χ2v) is 10.5. The van der Waals surface area contributed by atoms with E-state index in [0.29, 0.717) is 23.0 Å². The van der Waals surface area contributed by atoms with Gasteiger partial charge >= 0.3 is 0 Å². The number of carbonyl (C=O) groups excluding carboxylic acids is 1. The van der Waals surface area contributed by atoms with Crippen molar-refractivity contribution in [2.24, 2.45) is 5.92 Å². The van der Waals surface area contributed by atoms with Gasteiger partial charge in [-0.15, -0.1) is 0 Å². The summed E-state index contributed by atoms with van der Waals surface area (Å²) in [4.78, 5) is 16.9. The zero-order valence-electron chi connectivity index (χ0n) is 21.5. The fourth-order valence-electron chi connectivity index (χ4n) is 4.99. The molecule has 0 radical (unpaired) electrons. The van der Waals surface area contributed by atoms with Crippen molar-refractivity contribution in [2.45, 2.75) is 44.6 Å². The van der Waals surface area contributed by atoms with Crippen molar-refractivity contribution in [1.82, 2.24) is 15.1 Å². The van der Waals surface area contributed by atoms with Gasteiger partial charge in [0.15, 0.2) is 5.69 Å². The molecule has 1 heterocycles. The van der Waals surface area contributed by atoms with E-state index in [1.54, 1.807) is 28.9 Å². The number of aryl methyl sites for hydroxylation is 1. The molecular formula is C32H31N5O. The summed E-state index contributed by atoms with van der Waals surface area (Å²) in [6.45, 7) is 10.2. The van der Waals surface area contributed by atoms with Gasteiger partial charge < -0.3 is 10.6 Å². The van der Waals surface area contributed by atoms with Gasteiger partial charge in [0, 0.05) is 5.69 Å². The molecule has 6 nitrogen and oxygen atoms in total. The van der Waals surface area contributed by atoms with Gasteiger partial charge in [-0.25, -0.2) is 9.53 Å². The molecule has 4 aromatic rings. The topological polar surface area (TPSA) is 63.3 Å². The Bertz CT molecular complexity index is 1520. The molecule has 1 amide bonds. The minimum Gasteiger partial charge on any atom is -0.321 e. The lowest BCUT2D eigenvalue weighted by Crippen LogP contribution is -2.25. The second-order valence-electron chi connectivity index (χ2n) is 10.5. The lowest BCUT2D eigenvalue weighted by atomic mass is 9.95. The second kappa shape index (κ2) is 10.3. The first-order valence-corrected chi connectivity index (χ1v) is 13.4. The Kier molecular flexibility index (Phi) is 6.53. The quantitative estimate of drug-likeness (QED) is 0.244. The van der Waals surface area contributed by atoms with Crippen LogP contribution >= 0.6 is 0 Å². The Balaban J connectivity index is 1.27. The van der Waals surface area contributed by atoms with Crippen LogP contribution in [0.1, 0.15) is 70.5 Å². The number of hydrogen-bond acceptors (Lipinski definition) is 3. The van der Waals surface area contributed by atoms with E-state index in [0.717, 1.165) is 29.4 Å². The normalized spacial score (nSPS) is 15.6. The van der Waals surface area contributed by atoms with Crippen LogP contribution in [0.3, 0.4) is 0 Å². The van der Waals surface area contributed by atoms with Crippen LogP contribution in [0.5, 0.6) is 0 Å². The van der Waals surface area contributed by atoms with Crippen LogP contribution in [0.2, 0.25) is 0 Å². The number of carbonyl (C=O) groups is 1. The van der Waals surface area contributed by atoms with E-state index >= 15 is 0 Å². The van der Waals surface area contributed by atoms with Gasteiger partial charge in [0.25, 0.3) is 5.91 Å². The first kappa shape index (κ1) is 24.1.